The van der Waals surface area contributed by atoms with Crippen molar-refractivity contribution < 1.29 is 31.1 Å². The van der Waals surface area contributed by atoms with E-state index in [1.165, 1.54) is 24.3 Å². The Labute approximate surface area is 226 Å². The lowest BCUT2D eigenvalue weighted by molar-refractivity contribution is 0.275. The maximum Gasteiger partial charge on any atom is 0.200 e. The van der Waals surface area contributed by atoms with E-state index in [0.717, 1.165) is 19.3 Å². The van der Waals surface area contributed by atoms with Crippen LogP contribution < -0.4 is 4.74 Å². The fraction of sp³-hybridized carbons (Fsp3) is 0.438. The van der Waals surface area contributed by atoms with E-state index >= 15 is 4.39 Å². The fourth-order valence-corrected chi connectivity index (χ4v) is 5.54. The molecule has 0 atom stereocenters. The average Bonchev–Trinajstić information content (AvgIpc) is 2.94. The molecule has 1 fully saturated rings. The van der Waals surface area contributed by atoms with Crippen LogP contribution in [0.25, 0.3) is 0 Å². The Balaban J connectivity index is 1.40. The zero-order chi connectivity index (χ0) is 28.1. The van der Waals surface area contributed by atoms with Crippen LogP contribution in [0, 0.1) is 34.9 Å². The van der Waals surface area contributed by atoms with Crippen LogP contribution in [0.1, 0.15) is 98.4 Å². The molecular weight excluding hydrogens is 514 g/mol. The summed E-state index contributed by atoms with van der Waals surface area (Å²) < 4.78 is 93.1. The Bertz CT molecular complexity index is 1300. The van der Waals surface area contributed by atoms with E-state index in [9.17, 15) is 22.0 Å². The third kappa shape index (κ3) is 6.28. The molecule has 0 aliphatic heterocycles. The zero-order valence-electron chi connectivity index (χ0n) is 22.4. The summed E-state index contributed by atoms with van der Waals surface area (Å²) in [5.74, 6) is -6.69. The van der Waals surface area contributed by atoms with Gasteiger partial charge in [0.05, 0.1) is 0 Å². The molecule has 4 rings (SSSR count). The summed E-state index contributed by atoms with van der Waals surface area (Å²) in [7, 11) is 0. The first-order valence-corrected chi connectivity index (χ1v) is 13.8. The minimum absolute atomic E-state index is 0.0791. The van der Waals surface area contributed by atoms with Crippen LogP contribution in [-0.4, -0.2) is 0 Å². The Hall–Kier alpha value is -2.96. The van der Waals surface area contributed by atoms with Gasteiger partial charge in [-0.15, -0.1) is 0 Å². The molecule has 0 heterocycles. The van der Waals surface area contributed by atoms with Gasteiger partial charge in [0.25, 0.3) is 0 Å². The molecule has 0 unspecified atom stereocenters. The number of ether oxygens (including phenoxy) is 1. The summed E-state index contributed by atoms with van der Waals surface area (Å²) >= 11 is 0. The highest BCUT2D eigenvalue weighted by Gasteiger charge is 2.29. The molecular formula is C32H34F6O. The van der Waals surface area contributed by atoms with Crippen molar-refractivity contribution in [1.29, 1.82) is 0 Å². The third-order valence-electron chi connectivity index (χ3n) is 7.93. The highest BCUT2D eigenvalue weighted by atomic mass is 19.2. The molecule has 7 heteroatoms. The van der Waals surface area contributed by atoms with Crippen LogP contribution >= 0.6 is 0 Å². The average molecular weight is 549 g/mol. The number of hydrogen-bond donors (Lipinski definition) is 0. The van der Waals surface area contributed by atoms with Crippen LogP contribution in [0.15, 0.2) is 36.4 Å². The van der Waals surface area contributed by atoms with Crippen LogP contribution in [0.5, 0.6) is 5.75 Å². The highest BCUT2D eigenvalue weighted by molar-refractivity contribution is 5.35. The molecule has 210 valence electrons. The van der Waals surface area contributed by atoms with E-state index in [-0.39, 0.29) is 34.3 Å². The Morgan fingerprint density at radius 1 is 0.590 bits per heavy atom. The zero-order valence-corrected chi connectivity index (χ0v) is 22.4. The quantitative estimate of drug-likeness (QED) is 0.181. The molecule has 0 saturated heterocycles. The summed E-state index contributed by atoms with van der Waals surface area (Å²) in [4.78, 5) is 0. The number of rotatable bonds is 10. The summed E-state index contributed by atoms with van der Waals surface area (Å²) in [6.45, 7) is 3.34. The fourth-order valence-electron chi connectivity index (χ4n) is 5.54. The van der Waals surface area contributed by atoms with Crippen molar-refractivity contribution in [3.63, 3.8) is 0 Å². The SMILES string of the molecule is CCCCCc1ccc(COc2ccc(C3CCC(c4ccc(CC)c(F)c4F)CC3)c(F)c2F)c(F)c1F. The van der Waals surface area contributed by atoms with Gasteiger partial charge in [0.1, 0.15) is 6.61 Å². The summed E-state index contributed by atoms with van der Waals surface area (Å²) in [6.07, 6.45) is 5.49. The molecule has 39 heavy (non-hydrogen) atoms. The molecule has 0 bridgehead atoms. The molecule has 3 aromatic carbocycles. The predicted molar refractivity (Wildman–Crippen MR) is 140 cm³/mol. The maximum absolute atomic E-state index is 15.0. The molecule has 0 spiro atoms. The molecule has 0 aromatic heterocycles. The van der Waals surface area contributed by atoms with Crippen molar-refractivity contribution in [3.05, 3.63) is 99.1 Å². The first kappa shape index (κ1) is 29.0. The van der Waals surface area contributed by atoms with E-state index in [1.807, 2.05) is 6.92 Å². The van der Waals surface area contributed by atoms with Gasteiger partial charge in [-0.3, -0.25) is 0 Å². The molecule has 1 aliphatic carbocycles. The molecule has 3 aromatic rings. The van der Waals surface area contributed by atoms with E-state index in [2.05, 4.69) is 0 Å². The Morgan fingerprint density at radius 2 is 1.10 bits per heavy atom. The number of unbranched alkanes of at least 4 members (excludes halogenated alkanes) is 2. The van der Waals surface area contributed by atoms with Crippen LogP contribution in [-0.2, 0) is 19.4 Å². The van der Waals surface area contributed by atoms with Crippen LogP contribution in [0.2, 0.25) is 0 Å². The lowest BCUT2D eigenvalue weighted by atomic mass is 9.75. The first-order chi connectivity index (χ1) is 18.8. The first-order valence-electron chi connectivity index (χ1n) is 13.8. The summed E-state index contributed by atoms with van der Waals surface area (Å²) in [5.41, 5.74) is 1.06. The van der Waals surface area contributed by atoms with Gasteiger partial charge in [0, 0.05) is 5.56 Å². The van der Waals surface area contributed by atoms with Crippen molar-refractivity contribution in [2.75, 3.05) is 0 Å². The van der Waals surface area contributed by atoms with Crippen molar-refractivity contribution in [1.82, 2.24) is 0 Å². The Kier molecular flexibility index (Phi) is 9.62. The number of halogens is 6. The molecule has 1 nitrogen and oxygen atoms in total. The molecule has 0 N–H and O–H groups in total. The van der Waals surface area contributed by atoms with Crippen LogP contribution in [0.3, 0.4) is 0 Å². The third-order valence-corrected chi connectivity index (χ3v) is 7.93. The van der Waals surface area contributed by atoms with Gasteiger partial charge in [-0.2, -0.15) is 4.39 Å². The maximum atomic E-state index is 15.0. The molecule has 1 saturated carbocycles. The second-order valence-electron chi connectivity index (χ2n) is 10.4. The smallest absolute Gasteiger partial charge is 0.200 e. The van der Waals surface area contributed by atoms with E-state index in [4.69, 9.17) is 4.74 Å². The van der Waals surface area contributed by atoms with Crippen molar-refractivity contribution in [2.45, 2.75) is 90.1 Å². The number of aryl methyl sites for hydroxylation is 2. The Morgan fingerprint density at radius 3 is 1.72 bits per heavy atom. The lowest BCUT2D eigenvalue weighted by Gasteiger charge is -2.30. The lowest BCUT2D eigenvalue weighted by Crippen LogP contribution is -2.15. The normalized spacial score (nSPS) is 17.4. The molecule has 1 aliphatic rings. The molecule has 0 radical (unpaired) electrons. The minimum atomic E-state index is -1.19. The van der Waals surface area contributed by atoms with Gasteiger partial charge in [-0.1, -0.05) is 57.0 Å². The second-order valence-corrected chi connectivity index (χ2v) is 10.4. The standard InChI is InChI=1S/C32H34F6O/c1-3-5-6-7-22-12-13-23(29(35)28(22)34)18-39-26-17-16-25(31(37)32(26)38)21-10-8-20(9-11-21)24-15-14-19(4-2)27(33)30(24)36/h12-17,20-21H,3-11,18H2,1-2H3. The van der Waals surface area contributed by atoms with Crippen molar-refractivity contribution in [3.8, 4) is 5.75 Å². The van der Waals surface area contributed by atoms with Gasteiger partial charge < -0.3 is 4.74 Å². The monoisotopic (exact) mass is 548 g/mol. The largest absolute Gasteiger partial charge is 0.486 e. The van der Waals surface area contributed by atoms with E-state index in [1.54, 1.807) is 19.1 Å². The van der Waals surface area contributed by atoms with Gasteiger partial charge in [-0.05, 0) is 85.1 Å². The van der Waals surface area contributed by atoms with Gasteiger partial charge in [0.15, 0.2) is 34.8 Å². The summed E-state index contributed by atoms with van der Waals surface area (Å²) in [6, 6.07) is 8.89. The van der Waals surface area contributed by atoms with E-state index < -0.39 is 41.5 Å². The highest BCUT2D eigenvalue weighted by Crippen LogP contribution is 2.43. The van der Waals surface area contributed by atoms with Crippen molar-refractivity contribution >= 4 is 0 Å². The minimum Gasteiger partial charge on any atom is -0.486 e. The van der Waals surface area contributed by atoms with E-state index in [0.29, 0.717) is 49.7 Å². The predicted octanol–water partition coefficient (Wildman–Crippen LogP) is 9.84. The number of benzene rings is 3. The molecule has 0 amide bonds. The van der Waals surface area contributed by atoms with Gasteiger partial charge in [0.2, 0.25) is 5.82 Å². The topological polar surface area (TPSA) is 9.23 Å². The summed E-state index contributed by atoms with van der Waals surface area (Å²) in [5, 5.41) is 0. The second kappa shape index (κ2) is 12.9. The van der Waals surface area contributed by atoms with Crippen molar-refractivity contribution in [2.24, 2.45) is 0 Å². The van der Waals surface area contributed by atoms with Gasteiger partial charge >= 0.3 is 0 Å². The van der Waals surface area contributed by atoms with Crippen LogP contribution in [0.4, 0.5) is 26.3 Å². The number of hydrogen-bond acceptors (Lipinski definition) is 1. The van der Waals surface area contributed by atoms with Gasteiger partial charge in [-0.25, -0.2) is 22.0 Å².